The van der Waals surface area contributed by atoms with Crippen LogP contribution < -0.4 is 4.74 Å². The van der Waals surface area contributed by atoms with E-state index in [1.165, 1.54) is 47.2 Å². The van der Waals surface area contributed by atoms with E-state index in [0.29, 0.717) is 18.3 Å². The molecule has 0 aromatic heterocycles. The average Bonchev–Trinajstić information content (AvgIpc) is 3.91. The Balaban J connectivity index is 1.40. The lowest BCUT2D eigenvalue weighted by atomic mass is 9.88. The molecule has 46 heavy (non-hydrogen) atoms. The molecule has 1 aromatic rings. The number of ether oxygens (including phenoxy) is 1. The van der Waals surface area contributed by atoms with Gasteiger partial charge < -0.3 is 9.64 Å². The molecule has 0 bridgehead atoms. The van der Waals surface area contributed by atoms with Crippen LogP contribution in [0.1, 0.15) is 103 Å². The molecule has 1 heterocycles. The van der Waals surface area contributed by atoms with E-state index in [1.807, 2.05) is 13.3 Å². The van der Waals surface area contributed by atoms with Crippen LogP contribution in [0.15, 0.2) is 106 Å². The summed E-state index contributed by atoms with van der Waals surface area (Å²) in [4.78, 5) is 19.4. The first-order valence-electron chi connectivity index (χ1n) is 17.8. The standard InChI is InChI=1S/C42H56N2O2/c1-5-7-9-10-11-15-34(14-8-6-2)27-31-46-39-24-22-35(23-25-39)38-19-18-33(3)40(32-38)41(26-28-43-4)44-29-12-16-36(17-13-30-44)42(45)37-20-21-37/h7,9,15-16,19,22-26,28,32,37H,3,5-6,8,10-14,17-18,20-21,27,29-31H2,1-2,4H3/b9-7+,34-15-,36-16-,41-26+,43-28?. The Morgan fingerprint density at radius 3 is 2.63 bits per heavy atom. The zero-order chi connectivity index (χ0) is 32.6. The topological polar surface area (TPSA) is 41.9 Å². The van der Waals surface area contributed by atoms with E-state index in [1.54, 1.807) is 0 Å². The fourth-order valence-corrected chi connectivity index (χ4v) is 6.21. The number of rotatable bonds is 17. The third-order valence-electron chi connectivity index (χ3n) is 9.08. The number of benzene rings is 1. The third kappa shape index (κ3) is 11.0. The molecule has 1 aromatic carbocycles. The molecule has 4 rings (SSSR count). The summed E-state index contributed by atoms with van der Waals surface area (Å²) < 4.78 is 6.20. The normalized spacial score (nSPS) is 19.5. The van der Waals surface area contributed by atoms with Crippen molar-refractivity contribution in [2.45, 2.75) is 97.3 Å². The van der Waals surface area contributed by atoms with Gasteiger partial charge in [-0.2, -0.15) is 0 Å². The highest BCUT2D eigenvalue weighted by molar-refractivity contribution is 5.98. The molecule has 0 amide bonds. The fourth-order valence-electron chi connectivity index (χ4n) is 6.21. The van der Waals surface area contributed by atoms with Gasteiger partial charge in [-0.1, -0.05) is 74.9 Å². The van der Waals surface area contributed by atoms with Gasteiger partial charge in [0.1, 0.15) is 5.75 Å². The van der Waals surface area contributed by atoms with Gasteiger partial charge in [-0.05, 0) is 117 Å². The summed E-state index contributed by atoms with van der Waals surface area (Å²) >= 11 is 0. The van der Waals surface area contributed by atoms with Gasteiger partial charge in [0, 0.05) is 50.0 Å². The van der Waals surface area contributed by atoms with Crippen LogP contribution >= 0.6 is 0 Å². The van der Waals surface area contributed by atoms with Crippen molar-refractivity contribution in [1.29, 1.82) is 0 Å². The SMILES string of the molecule is C=C1CC=C(c2ccc(OCC/C(=C\CC/C=C/CC)CCCC)cc2)C=C1/C(=C\C=NC)N1CC/C=C(\C(=O)C2CC2)CCC1. The number of carbonyl (C=O) groups excluding carboxylic acids is 1. The maximum atomic E-state index is 12.7. The zero-order valence-electron chi connectivity index (χ0n) is 28.7. The van der Waals surface area contributed by atoms with Crippen LogP contribution in [0.5, 0.6) is 5.75 Å². The Kier molecular flexibility index (Phi) is 14.6. The lowest BCUT2D eigenvalue weighted by Crippen LogP contribution is -2.29. The first-order valence-corrected chi connectivity index (χ1v) is 17.8. The van der Waals surface area contributed by atoms with Crippen molar-refractivity contribution < 1.29 is 9.53 Å². The van der Waals surface area contributed by atoms with Crippen LogP contribution in [0.25, 0.3) is 5.57 Å². The van der Waals surface area contributed by atoms with Gasteiger partial charge in [-0.15, -0.1) is 0 Å². The Morgan fingerprint density at radius 1 is 1.07 bits per heavy atom. The Morgan fingerprint density at radius 2 is 1.89 bits per heavy atom. The van der Waals surface area contributed by atoms with Crippen LogP contribution in [-0.4, -0.2) is 43.6 Å². The van der Waals surface area contributed by atoms with E-state index in [-0.39, 0.29) is 0 Å². The number of aliphatic imine (C=N–C) groups is 1. The molecule has 246 valence electrons. The van der Waals surface area contributed by atoms with Gasteiger partial charge in [0.2, 0.25) is 0 Å². The summed E-state index contributed by atoms with van der Waals surface area (Å²) in [7, 11) is 1.81. The molecule has 0 radical (unpaired) electrons. The zero-order valence-corrected chi connectivity index (χ0v) is 28.7. The van der Waals surface area contributed by atoms with Crippen LogP contribution in [0.3, 0.4) is 0 Å². The minimum Gasteiger partial charge on any atom is -0.493 e. The van der Waals surface area contributed by atoms with Gasteiger partial charge in [0.15, 0.2) is 5.78 Å². The van der Waals surface area contributed by atoms with Crippen molar-refractivity contribution in [2.75, 3.05) is 26.7 Å². The van der Waals surface area contributed by atoms with Crippen LogP contribution in [-0.2, 0) is 4.79 Å². The van der Waals surface area contributed by atoms with Gasteiger partial charge in [0.05, 0.1) is 6.61 Å². The molecule has 0 unspecified atom stereocenters. The van der Waals surface area contributed by atoms with E-state index >= 15 is 0 Å². The molecular weight excluding hydrogens is 564 g/mol. The number of Topliss-reactive ketones (excluding diaryl/α,β-unsaturated/α-hetero) is 1. The average molecular weight is 621 g/mol. The quantitative estimate of drug-likeness (QED) is 0.0988. The number of unbranched alkanes of at least 4 members (excludes halogenated alkanes) is 2. The molecule has 1 saturated carbocycles. The lowest BCUT2D eigenvalue weighted by molar-refractivity contribution is -0.116. The first kappa shape index (κ1) is 35.2. The van der Waals surface area contributed by atoms with Gasteiger partial charge in [-0.3, -0.25) is 9.79 Å². The summed E-state index contributed by atoms with van der Waals surface area (Å²) in [5.74, 6) is 1.62. The number of nitrogens with zero attached hydrogens (tertiary/aromatic N) is 2. The molecule has 0 N–H and O–H groups in total. The first-order chi connectivity index (χ1) is 22.5. The summed E-state index contributed by atoms with van der Waals surface area (Å²) in [6.45, 7) is 11.4. The van der Waals surface area contributed by atoms with Crippen LogP contribution in [0.4, 0.5) is 0 Å². The molecule has 0 spiro atoms. The van der Waals surface area contributed by atoms with Crippen molar-refractivity contribution in [3.05, 3.63) is 107 Å². The Labute approximate surface area is 279 Å². The second-order valence-corrected chi connectivity index (χ2v) is 12.8. The van der Waals surface area contributed by atoms with Crippen molar-refractivity contribution in [3.63, 3.8) is 0 Å². The predicted molar refractivity (Wildman–Crippen MR) is 196 cm³/mol. The van der Waals surface area contributed by atoms with Crippen molar-refractivity contribution in [2.24, 2.45) is 10.9 Å². The molecule has 2 aliphatic carbocycles. The second-order valence-electron chi connectivity index (χ2n) is 12.8. The van der Waals surface area contributed by atoms with E-state index in [4.69, 9.17) is 4.74 Å². The van der Waals surface area contributed by atoms with Crippen molar-refractivity contribution in [1.82, 2.24) is 4.90 Å². The lowest BCUT2D eigenvalue weighted by Gasteiger charge is -2.32. The van der Waals surface area contributed by atoms with Crippen LogP contribution in [0.2, 0.25) is 0 Å². The van der Waals surface area contributed by atoms with E-state index in [2.05, 4.69) is 97.1 Å². The number of carbonyl (C=O) groups is 1. The predicted octanol–water partition coefficient (Wildman–Crippen LogP) is 10.6. The molecule has 1 fully saturated rings. The molecule has 0 saturated heterocycles. The molecule has 1 aliphatic heterocycles. The monoisotopic (exact) mass is 620 g/mol. The smallest absolute Gasteiger partial charge is 0.161 e. The third-order valence-corrected chi connectivity index (χ3v) is 9.08. The Bertz CT molecular complexity index is 1380. The number of hydrogen-bond donors (Lipinski definition) is 0. The highest BCUT2D eigenvalue weighted by Gasteiger charge is 2.31. The Hall–Kier alpha value is -3.66. The van der Waals surface area contributed by atoms with Crippen molar-refractivity contribution in [3.8, 4) is 5.75 Å². The van der Waals surface area contributed by atoms with E-state index in [9.17, 15) is 4.79 Å². The molecule has 0 atom stereocenters. The summed E-state index contributed by atoms with van der Waals surface area (Å²) in [6.07, 6.45) is 31.4. The van der Waals surface area contributed by atoms with Gasteiger partial charge in [-0.25, -0.2) is 0 Å². The second kappa shape index (κ2) is 19.1. The largest absolute Gasteiger partial charge is 0.493 e. The summed E-state index contributed by atoms with van der Waals surface area (Å²) in [5.41, 5.74) is 8.44. The minimum absolute atomic E-state index is 0.299. The summed E-state index contributed by atoms with van der Waals surface area (Å²) in [6, 6.07) is 8.55. The number of allylic oxidation sites excluding steroid dienone is 9. The van der Waals surface area contributed by atoms with E-state index < -0.39 is 0 Å². The fraction of sp³-hybridized carbons (Fsp3) is 0.476. The summed E-state index contributed by atoms with van der Waals surface area (Å²) in [5, 5.41) is 0. The molecule has 3 aliphatic rings. The molecule has 4 nitrogen and oxygen atoms in total. The maximum absolute atomic E-state index is 12.7. The van der Waals surface area contributed by atoms with E-state index in [0.717, 1.165) is 94.2 Å². The highest BCUT2D eigenvalue weighted by atomic mass is 16.5. The minimum atomic E-state index is 0.299. The maximum Gasteiger partial charge on any atom is 0.161 e. The van der Waals surface area contributed by atoms with Crippen LogP contribution in [0, 0.1) is 5.92 Å². The van der Waals surface area contributed by atoms with Crippen molar-refractivity contribution >= 4 is 17.6 Å². The molecular formula is C42H56N2O2. The van der Waals surface area contributed by atoms with Gasteiger partial charge in [0.25, 0.3) is 0 Å². The number of hydrogen-bond acceptors (Lipinski definition) is 4. The van der Waals surface area contributed by atoms with Gasteiger partial charge >= 0.3 is 0 Å². The highest BCUT2D eigenvalue weighted by Crippen LogP contribution is 2.36. The molecule has 4 heteroatoms. The number of ketones is 1.